The maximum Gasteiger partial charge on any atom is 0.254 e. The molecule has 0 heterocycles. The number of rotatable bonds is 8. The van der Waals surface area contributed by atoms with Crippen LogP contribution >= 0.6 is 0 Å². The highest BCUT2D eigenvalue weighted by Gasteiger charge is 2.25. The van der Waals surface area contributed by atoms with E-state index in [4.69, 9.17) is 9.47 Å². The molecular formula is C20H29NO4. The number of Topliss-reactive ketones (excluding diaryl/α,β-unsaturated/α-hetero) is 1. The lowest BCUT2D eigenvalue weighted by molar-refractivity contribution is 0.0766. The lowest BCUT2D eigenvalue weighted by atomic mass is 9.99. The second kappa shape index (κ2) is 8.88. The number of nitrogens with zero attached hydrogens (tertiary/aromatic N) is 1. The van der Waals surface area contributed by atoms with E-state index in [0.717, 1.165) is 25.7 Å². The Morgan fingerprint density at radius 1 is 1.04 bits per heavy atom. The van der Waals surface area contributed by atoms with E-state index in [9.17, 15) is 9.59 Å². The summed E-state index contributed by atoms with van der Waals surface area (Å²) < 4.78 is 11.5. The fraction of sp³-hybridized carbons (Fsp3) is 0.600. The number of amides is 1. The summed E-state index contributed by atoms with van der Waals surface area (Å²) in [6.45, 7) is 6.85. The number of ether oxygens (including phenoxy) is 2. The van der Waals surface area contributed by atoms with Gasteiger partial charge >= 0.3 is 0 Å². The molecule has 0 unspecified atom stereocenters. The van der Waals surface area contributed by atoms with Crippen LogP contribution in [0, 0.1) is 0 Å². The van der Waals surface area contributed by atoms with Crippen molar-refractivity contribution >= 4 is 11.7 Å². The summed E-state index contributed by atoms with van der Waals surface area (Å²) in [5.41, 5.74) is 0.819. The Bertz CT molecular complexity index is 616. The van der Waals surface area contributed by atoms with Crippen molar-refractivity contribution in [2.75, 3.05) is 20.2 Å². The predicted molar refractivity (Wildman–Crippen MR) is 97.8 cm³/mol. The van der Waals surface area contributed by atoms with Crippen molar-refractivity contribution in [3.8, 4) is 11.5 Å². The standard InChI is InChI=1S/C20H29NO4/c1-5-17(22)15-12-18(24-4)19(25-14-10-8-9-11-14)13-16(15)20(23)21(6-2)7-3/h12-14H,5-11H2,1-4H3. The van der Waals surface area contributed by atoms with Gasteiger partial charge in [0.05, 0.1) is 18.8 Å². The number of carbonyl (C=O) groups is 2. The zero-order valence-electron chi connectivity index (χ0n) is 15.8. The van der Waals surface area contributed by atoms with Crippen molar-refractivity contribution in [2.24, 2.45) is 0 Å². The average Bonchev–Trinajstić information content (AvgIpc) is 3.14. The van der Waals surface area contributed by atoms with Gasteiger partial charge in [0, 0.05) is 25.1 Å². The van der Waals surface area contributed by atoms with Gasteiger partial charge in [-0.3, -0.25) is 9.59 Å². The van der Waals surface area contributed by atoms with Gasteiger partial charge in [0.1, 0.15) is 0 Å². The summed E-state index contributed by atoms with van der Waals surface area (Å²) in [7, 11) is 1.56. The Labute approximate surface area is 150 Å². The lowest BCUT2D eigenvalue weighted by Gasteiger charge is -2.22. The molecule has 5 heteroatoms. The monoisotopic (exact) mass is 347 g/mol. The van der Waals surface area contributed by atoms with Crippen LogP contribution in [0.4, 0.5) is 0 Å². The summed E-state index contributed by atoms with van der Waals surface area (Å²) >= 11 is 0. The molecule has 25 heavy (non-hydrogen) atoms. The van der Waals surface area contributed by atoms with Crippen molar-refractivity contribution in [2.45, 2.75) is 59.0 Å². The zero-order valence-corrected chi connectivity index (χ0v) is 15.8. The Morgan fingerprint density at radius 3 is 2.16 bits per heavy atom. The normalized spacial score (nSPS) is 14.4. The molecule has 0 aliphatic heterocycles. The Balaban J connectivity index is 2.48. The molecule has 2 rings (SSSR count). The first kappa shape index (κ1) is 19.3. The molecule has 0 spiro atoms. The van der Waals surface area contributed by atoms with E-state index in [1.165, 1.54) is 0 Å². The first-order valence-electron chi connectivity index (χ1n) is 9.26. The highest BCUT2D eigenvalue weighted by molar-refractivity contribution is 6.08. The smallest absolute Gasteiger partial charge is 0.254 e. The third-order valence-corrected chi connectivity index (χ3v) is 4.80. The molecule has 1 amide bonds. The van der Waals surface area contributed by atoms with Crippen LogP contribution in [0.2, 0.25) is 0 Å². The molecule has 1 aliphatic carbocycles. The molecule has 138 valence electrons. The van der Waals surface area contributed by atoms with Gasteiger partial charge < -0.3 is 14.4 Å². The maximum absolute atomic E-state index is 12.9. The Morgan fingerprint density at radius 2 is 1.64 bits per heavy atom. The van der Waals surface area contributed by atoms with Crippen LogP contribution in [0.5, 0.6) is 11.5 Å². The maximum atomic E-state index is 12.9. The van der Waals surface area contributed by atoms with E-state index >= 15 is 0 Å². The van der Waals surface area contributed by atoms with E-state index in [1.54, 1.807) is 31.1 Å². The quantitative estimate of drug-likeness (QED) is 0.665. The van der Waals surface area contributed by atoms with Gasteiger partial charge in [-0.1, -0.05) is 6.92 Å². The third kappa shape index (κ3) is 4.33. The number of hydrogen-bond acceptors (Lipinski definition) is 4. The number of methoxy groups -OCH3 is 1. The molecule has 0 aromatic heterocycles. The van der Waals surface area contributed by atoms with E-state index in [2.05, 4.69) is 0 Å². The Hall–Kier alpha value is -2.04. The fourth-order valence-corrected chi connectivity index (χ4v) is 3.28. The molecule has 1 aliphatic rings. The van der Waals surface area contributed by atoms with E-state index in [-0.39, 0.29) is 17.8 Å². The summed E-state index contributed by atoms with van der Waals surface area (Å²) in [4.78, 5) is 27.0. The van der Waals surface area contributed by atoms with E-state index in [0.29, 0.717) is 42.1 Å². The molecule has 0 N–H and O–H groups in total. The molecule has 1 saturated carbocycles. The summed E-state index contributed by atoms with van der Waals surface area (Å²) in [5, 5.41) is 0. The predicted octanol–water partition coefficient (Wildman–Crippen LogP) is 4.09. The lowest BCUT2D eigenvalue weighted by Crippen LogP contribution is -2.31. The molecular weight excluding hydrogens is 318 g/mol. The van der Waals surface area contributed by atoms with Crippen molar-refractivity contribution in [1.82, 2.24) is 4.90 Å². The van der Waals surface area contributed by atoms with Crippen LogP contribution in [0.25, 0.3) is 0 Å². The van der Waals surface area contributed by atoms with Gasteiger partial charge in [0.25, 0.3) is 5.91 Å². The van der Waals surface area contributed by atoms with Crippen LogP contribution in [0.3, 0.4) is 0 Å². The van der Waals surface area contributed by atoms with Gasteiger partial charge in [-0.25, -0.2) is 0 Å². The summed E-state index contributed by atoms with van der Waals surface area (Å²) in [6.07, 6.45) is 4.83. The first-order valence-corrected chi connectivity index (χ1v) is 9.26. The molecule has 5 nitrogen and oxygen atoms in total. The van der Waals surface area contributed by atoms with Crippen molar-refractivity contribution in [3.05, 3.63) is 23.3 Å². The average molecular weight is 347 g/mol. The van der Waals surface area contributed by atoms with Crippen LogP contribution in [-0.4, -0.2) is 42.9 Å². The van der Waals surface area contributed by atoms with Gasteiger partial charge in [0.2, 0.25) is 0 Å². The highest BCUT2D eigenvalue weighted by atomic mass is 16.5. The second-order valence-electron chi connectivity index (χ2n) is 6.33. The van der Waals surface area contributed by atoms with Gasteiger partial charge in [-0.05, 0) is 51.7 Å². The van der Waals surface area contributed by atoms with E-state index < -0.39 is 0 Å². The molecule has 0 radical (unpaired) electrons. The van der Waals surface area contributed by atoms with Crippen molar-refractivity contribution in [1.29, 1.82) is 0 Å². The Kier molecular flexibility index (Phi) is 6.85. The van der Waals surface area contributed by atoms with Crippen LogP contribution in [-0.2, 0) is 0 Å². The molecule has 0 saturated heterocycles. The fourth-order valence-electron chi connectivity index (χ4n) is 3.28. The van der Waals surface area contributed by atoms with Crippen LogP contribution < -0.4 is 9.47 Å². The number of benzene rings is 1. The van der Waals surface area contributed by atoms with Crippen molar-refractivity contribution < 1.29 is 19.1 Å². The molecule has 1 aromatic rings. The first-order chi connectivity index (χ1) is 12.0. The SMILES string of the molecule is CCC(=O)c1cc(OC)c(OC2CCCC2)cc1C(=O)N(CC)CC. The van der Waals surface area contributed by atoms with Gasteiger partial charge in [0.15, 0.2) is 17.3 Å². The van der Waals surface area contributed by atoms with Crippen LogP contribution in [0.15, 0.2) is 12.1 Å². The third-order valence-electron chi connectivity index (χ3n) is 4.80. The van der Waals surface area contributed by atoms with Gasteiger partial charge in [-0.15, -0.1) is 0 Å². The molecule has 1 fully saturated rings. The number of ketones is 1. The molecule has 0 atom stereocenters. The number of hydrogen-bond donors (Lipinski definition) is 0. The number of carbonyl (C=O) groups excluding carboxylic acids is 2. The van der Waals surface area contributed by atoms with E-state index in [1.807, 2.05) is 13.8 Å². The summed E-state index contributed by atoms with van der Waals surface area (Å²) in [6, 6.07) is 3.35. The topological polar surface area (TPSA) is 55.8 Å². The zero-order chi connectivity index (χ0) is 18.4. The largest absolute Gasteiger partial charge is 0.493 e. The summed E-state index contributed by atoms with van der Waals surface area (Å²) in [5.74, 6) is 0.860. The second-order valence-corrected chi connectivity index (χ2v) is 6.33. The minimum atomic E-state index is -0.138. The van der Waals surface area contributed by atoms with Gasteiger partial charge in [-0.2, -0.15) is 0 Å². The highest BCUT2D eigenvalue weighted by Crippen LogP contribution is 2.35. The molecule has 1 aromatic carbocycles. The van der Waals surface area contributed by atoms with Crippen molar-refractivity contribution in [3.63, 3.8) is 0 Å². The minimum Gasteiger partial charge on any atom is -0.493 e. The minimum absolute atomic E-state index is 0.0683. The van der Waals surface area contributed by atoms with Crippen LogP contribution in [0.1, 0.15) is 73.6 Å². The molecule has 0 bridgehead atoms.